The summed E-state index contributed by atoms with van der Waals surface area (Å²) in [6.45, 7) is 3.78. The predicted molar refractivity (Wildman–Crippen MR) is 120 cm³/mol. The van der Waals surface area contributed by atoms with E-state index < -0.39 is 0 Å². The van der Waals surface area contributed by atoms with Crippen molar-refractivity contribution in [3.05, 3.63) is 102 Å². The monoisotopic (exact) mass is 399 g/mol. The van der Waals surface area contributed by atoms with Gasteiger partial charge in [-0.25, -0.2) is 0 Å². The van der Waals surface area contributed by atoms with E-state index in [4.69, 9.17) is 9.47 Å². The molecule has 4 nitrogen and oxygen atoms in total. The number of hydrogen-bond donors (Lipinski definition) is 0. The highest BCUT2D eigenvalue weighted by Gasteiger charge is 2.11. The lowest BCUT2D eigenvalue weighted by Gasteiger charge is -2.28. The van der Waals surface area contributed by atoms with E-state index >= 15 is 0 Å². The van der Waals surface area contributed by atoms with Gasteiger partial charge in [0.2, 0.25) is 0 Å². The van der Waals surface area contributed by atoms with Crippen LogP contribution < -0.4 is 9.64 Å². The highest BCUT2D eigenvalue weighted by Crippen LogP contribution is 2.19. The van der Waals surface area contributed by atoms with Gasteiger partial charge in [0.25, 0.3) is 0 Å². The summed E-state index contributed by atoms with van der Waals surface area (Å²) in [5.74, 6) is 0.766. The summed E-state index contributed by atoms with van der Waals surface area (Å²) in [4.78, 5) is 14.8. The zero-order valence-corrected chi connectivity index (χ0v) is 16.9. The van der Waals surface area contributed by atoms with Gasteiger partial charge in [-0.05, 0) is 53.6 Å². The first kappa shape index (κ1) is 19.9. The van der Waals surface area contributed by atoms with E-state index in [1.807, 2.05) is 84.9 Å². The van der Waals surface area contributed by atoms with E-state index in [1.54, 1.807) is 6.08 Å². The fraction of sp³-hybridized carbons (Fsp3) is 0.192. The smallest absolute Gasteiger partial charge is 0.185 e. The first-order valence-electron chi connectivity index (χ1n) is 10.2. The number of ether oxygens (including phenoxy) is 2. The Balaban J connectivity index is 1.36. The Bertz CT molecular complexity index is 990. The molecule has 0 radical (unpaired) electrons. The second kappa shape index (κ2) is 9.90. The number of benzene rings is 3. The van der Waals surface area contributed by atoms with Gasteiger partial charge >= 0.3 is 0 Å². The van der Waals surface area contributed by atoms with Gasteiger partial charge in [-0.2, -0.15) is 0 Å². The molecular formula is C26H25NO3. The van der Waals surface area contributed by atoms with Crippen LogP contribution in [0.2, 0.25) is 0 Å². The second-order valence-corrected chi connectivity index (χ2v) is 7.19. The molecule has 3 aromatic carbocycles. The van der Waals surface area contributed by atoms with Crippen molar-refractivity contribution in [3.8, 4) is 5.75 Å². The molecule has 0 bridgehead atoms. The van der Waals surface area contributed by atoms with Gasteiger partial charge in [0.05, 0.1) is 13.2 Å². The summed E-state index contributed by atoms with van der Waals surface area (Å²) in [6, 6.07) is 25.6. The van der Waals surface area contributed by atoms with E-state index in [9.17, 15) is 4.79 Å². The maximum atomic E-state index is 12.5. The van der Waals surface area contributed by atoms with E-state index in [0.29, 0.717) is 12.2 Å². The predicted octanol–water partition coefficient (Wildman–Crippen LogP) is 5.00. The third-order valence-corrected chi connectivity index (χ3v) is 5.06. The molecule has 4 rings (SSSR count). The molecule has 0 atom stereocenters. The number of ketones is 1. The molecule has 0 aliphatic carbocycles. The van der Waals surface area contributed by atoms with Crippen LogP contribution in [0.15, 0.2) is 84.9 Å². The molecule has 0 aromatic heterocycles. The number of anilines is 1. The lowest BCUT2D eigenvalue weighted by atomic mass is 10.1. The fourth-order valence-electron chi connectivity index (χ4n) is 3.38. The number of morpholine rings is 1. The zero-order chi connectivity index (χ0) is 20.6. The van der Waals surface area contributed by atoms with E-state index in [-0.39, 0.29) is 5.78 Å². The summed E-state index contributed by atoms with van der Waals surface area (Å²) in [5.41, 5.74) is 3.86. The van der Waals surface area contributed by atoms with Gasteiger partial charge in [-0.1, -0.05) is 48.5 Å². The number of carbonyl (C=O) groups is 1. The standard InChI is InChI=1S/C26H25NO3/c28-26(23-10-12-24(13-11-23)27-15-17-29-18-16-27)14-9-21-7-4-8-25(19-21)30-20-22-5-2-1-3-6-22/h1-14,19H,15-18,20H2. The first-order valence-corrected chi connectivity index (χ1v) is 10.2. The molecule has 0 spiro atoms. The molecule has 3 aromatic rings. The lowest BCUT2D eigenvalue weighted by Crippen LogP contribution is -2.36. The van der Waals surface area contributed by atoms with Gasteiger partial charge < -0.3 is 14.4 Å². The molecule has 0 amide bonds. The van der Waals surface area contributed by atoms with Gasteiger partial charge in [-0.3, -0.25) is 4.79 Å². The molecule has 0 unspecified atom stereocenters. The minimum Gasteiger partial charge on any atom is -0.489 e. The van der Waals surface area contributed by atoms with Crippen LogP contribution in [0, 0.1) is 0 Å². The number of nitrogens with zero attached hydrogens (tertiary/aromatic N) is 1. The zero-order valence-electron chi connectivity index (χ0n) is 16.9. The number of carbonyl (C=O) groups excluding carboxylic acids is 1. The highest BCUT2D eigenvalue weighted by molar-refractivity contribution is 6.07. The van der Waals surface area contributed by atoms with Crippen molar-refractivity contribution in [1.82, 2.24) is 0 Å². The molecule has 1 aliphatic heterocycles. The summed E-state index contributed by atoms with van der Waals surface area (Å²) < 4.78 is 11.3. The maximum absolute atomic E-state index is 12.5. The number of rotatable bonds is 7. The molecule has 0 N–H and O–H groups in total. The lowest BCUT2D eigenvalue weighted by molar-refractivity contribution is 0.104. The van der Waals surface area contributed by atoms with Crippen molar-refractivity contribution >= 4 is 17.5 Å². The Morgan fingerprint density at radius 3 is 2.47 bits per heavy atom. The molecule has 152 valence electrons. The van der Waals surface area contributed by atoms with Crippen LogP contribution in [0.25, 0.3) is 6.08 Å². The SMILES string of the molecule is O=C(C=Cc1cccc(OCc2ccccc2)c1)c1ccc(N2CCOCC2)cc1. The Kier molecular flexibility index (Phi) is 6.58. The Morgan fingerprint density at radius 2 is 1.70 bits per heavy atom. The average molecular weight is 399 g/mol. The van der Waals surface area contributed by atoms with Crippen LogP contribution in [-0.4, -0.2) is 32.1 Å². The average Bonchev–Trinajstić information content (AvgIpc) is 2.83. The van der Waals surface area contributed by atoms with E-state index in [2.05, 4.69) is 4.90 Å². The summed E-state index contributed by atoms with van der Waals surface area (Å²) >= 11 is 0. The van der Waals surface area contributed by atoms with E-state index in [0.717, 1.165) is 48.9 Å². The van der Waals surface area contributed by atoms with Crippen LogP contribution in [0.4, 0.5) is 5.69 Å². The van der Waals surface area contributed by atoms with E-state index in [1.165, 1.54) is 0 Å². The minimum atomic E-state index is -0.0147. The minimum absolute atomic E-state index is 0.0147. The van der Waals surface area contributed by atoms with Crippen LogP contribution in [-0.2, 0) is 11.3 Å². The molecule has 1 saturated heterocycles. The molecule has 0 saturated carbocycles. The maximum Gasteiger partial charge on any atom is 0.185 e. The molecule has 1 fully saturated rings. The molecule has 4 heteroatoms. The van der Waals surface area contributed by atoms with Crippen molar-refractivity contribution in [3.63, 3.8) is 0 Å². The second-order valence-electron chi connectivity index (χ2n) is 7.19. The molecule has 1 aliphatic rings. The summed E-state index contributed by atoms with van der Waals surface area (Å²) in [7, 11) is 0. The van der Waals surface area contributed by atoms with Crippen molar-refractivity contribution in [2.24, 2.45) is 0 Å². The van der Waals surface area contributed by atoms with Gasteiger partial charge in [0, 0.05) is 24.3 Å². The summed E-state index contributed by atoms with van der Waals surface area (Å²) in [6.07, 6.45) is 3.44. The number of allylic oxidation sites excluding steroid dienone is 1. The Morgan fingerprint density at radius 1 is 0.933 bits per heavy atom. The largest absolute Gasteiger partial charge is 0.489 e. The van der Waals surface area contributed by atoms with Crippen molar-refractivity contribution < 1.29 is 14.3 Å². The van der Waals surface area contributed by atoms with Crippen LogP contribution >= 0.6 is 0 Å². The molecule has 1 heterocycles. The topological polar surface area (TPSA) is 38.8 Å². The van der Waals surface area contributed by atoms with Gasteiger partial charge in [0.15, 0.2) is 5.78 Å². The first-order chi connectivity index (χ1) is 14.8. The van der Waals surface area contributed by atoms with Crippen LogP contribution in [0.3, 0.4) is 0 Å². The third-order valence-electron chi connectivity index (χ3n) is 5.06. The summed E-state index contributed by atoms with van der Waals surface area (Å²) in [5, 5.41) is 0. The fourth-order valence-corrected chi connectivity index (χ4v) is 3.38. The third kappa shape index (κ3) is 5.37. The van der Waals surface area contributed by atoms with Crippen LogP contribution in [0.1, 0.15) is 21.5 Å². The Labute approximate surface area is 177 Å². The van der Waals surface area contributed by atoms with Crippen molar-refractivity contribution in [2.45, 2.75) is 6.61 Å². The number of hydrogen-bond acceptors (Lipinski definition) is 4. The normalized spacial score (nSPS) is 14.1. The van der Waals surface area contributed by atoms with Crippen molar-refractivity contribution in [2.75, 3.05) is 31.2 Å². The highest BCUT2D eigenvalue weighted by atomic mass is 16.5. The molecule has 30 heavy (non-hydrogen) atoms. The van der Waals surface area contributed by atoms with Crippen LogP contribution in [0.5, 0.6) is 5.75 Å². The molecular weight excluding hydrogens is 374 g/mol. The quantitative estimate of drug-likeness (QED) is 0.414. The van der Waals surface area contributed by atoms with Gasteiger partial charge in [-0.15, -0.1) is 0 Å². The van der Waals surface area contributed by atoms with Crippen molar-refractivity contribution in [1.29, 1.82) is 0 Å². The van der Waals surface area contributed by atoms with Gasteiger partial charge in [0.1, 0.15) is 12.4 Å². The Hall–Kier alpha value is -3.37.